The molecule has 0 heterocycles. The zero-order chi connectivity index (χ0) is 13.6. The van der Waals surface area contributed by atoms with Gasteiger partial charge in [0.1, 0.15) is 5.60 Å². The van der Waals surface area contributed by atoms with Gasteiger partial charge < -0.3 is 4.74 Å². The molecule has 0 saturated heterocycles. The number of rotatable bonds is 3. The third kappa shape index (κ3) is 2.25. The molecule has 4 saturated carbocycles. The lowest BCUT2D eigenvalue weighted by Gasteiger charge is -2.55. The first-order valence-electron chi connectivity index (χ1n) is 7.97. The van der Waals surface area contributed by atoms with Crippen molar-refractivity contribution >= 4 is 5.97 Å². The van der Waals surface area contributed by atoms with Crippen molar-refractivity contribution in [3.05, 3.63) is 35.9 Å². The maximum atomic E-state index is 12.3. The lowest BCUT2D eigenvalue weighted by Crippen LogP contribution is -2.52. The fourth-order valence-corrected chi connectivity index (χ4v) is 5.20. The van der Waals surface area contributed by atoms with Gasteiger partial charge in [-0.1, -0.05) is 30.3 Å². The van der Waals surface area contributed by atoms with Crippen LogP contribution in [0.1, 0.15) is 44.1 Å². The van der Waals surface area contributed by atoms with Gasteiger partial charge in [-0.05, 0) is 61.8 Å². The number of ether oxygens (including phenoxy) is 1. The van der Waals surface area contributed by atoms with Gasteiger partial charge in [-0.2, -0.15) is 0 Å². The molecule has 4 fully saturated rings. The number of benzene rings is 1. The minimum atomic E-state index is -0.0966. The smallest absolute Gasteiger partial charge is 0.310 e. The van der Waals surface area contributed by atoms with E-state index >= 15 is 0 Å². The largest absolute Gasteiger partial charge is 0.459 e. The summed E-state index contributed by atoms with van der Waals surface area (Å²) >= 11 is 0. The normalized spacial score (nSPS) is 37.9. The Hall–Kier alpha value is -1.31. The summed E-state index contributed by atoms with van der Waals surface area (Å²) in [6, 6.07) is 9.94. The summed E-state index contributed by atoms with van der Waals surface area (Å²) in [5.74, 6) is 2.44. The molecule has 2 heteroatoms. The Balaban J connectivity index is 1.45. The monoisotopic (exact) mass is 270 g/mol. The fourth-order valence-electron chi connectivity index (χ4n) is 5.20. The summed E-state index contributed by atoms with van der Waals surface area (Å²) in [5, 5.41) is 0. The average Bonchev–Trinajstić information content (AvgIpc) is 2.37. The molecule has 4 aliphatic carbocycles. The van der Waals surface area contributed by atoms with Gasteiger partial charge in [0.05, 0.1) is 6.42 Å². The van der Waals surface area contributed by atoms with Crippen LogP contribution >= 0.6 is 0 Å². The number of carbonyl (C=O) groups excluding carboxylic acids is 1. The zero-order valence-electron chi connectivity index (χ0n) is 11.9. The molecule has 0 atom stereocenters. The average molecular weight is 270 g/mol. The van der Waals surface area contributed by atoms with Gasteiger partial charge in [-0.3, -0.25) is 4.79 Å². The molecule has 0 aliphatic heterocycles. The second-order valence-electron chi connectivity index (χ2n) is 7.24. The lowest BCUT2D eigenvalue weighted by atomic mass is 9.54. The molecule has 0 N–H and O–H groups in total. The first kappa shape index (κ1) is 12.4. The summed E-state index contributed by atoms with van der Waals surface area (Å²) in [6.45, 7) is 0. The molecule has 1 aromatic carbocycles. The predicted molar refractivity (Wildman–Crippen MR) is 77.1 cm³/mol. The highest BCUT2D eigenvalue weighted by atomic mass is 16.6. The second kappa shape index (κ2) is 4.61. The first-order chi connectivity index (χ1) is 9.71. The van der Waals surface area contributed by atoms with Crippen molar-refractivity contribution in [1.29, 1.82) is 0 Å². The van der Waals surface area contributed by atoms with E-state index in [0.717, 1.165) is 42.6 Å². The standard InChI is InChI=1S/C18H22O2/c19-17(9-13-4-2-1-3-5-13)20-18-10-14-6-15(11-18)8-16(7-14)12-18/h1-5,14-16H,6-12H2. The van der Waals surface area contributed by atoms with Crippen LogP contribution in [0.5, 0.6) is 0 Å². The maximum Gasteiger partial charge on any atom is 0.310 e. The van der Waals surface area contributed by atoms with E-state index in [4.69, 9.17) is 4.74 Å². The van der Waals surface area contributed by atoms with Crippen LogP contribution in [-0.4, -0.2) is 11.6 Å². The maximum absolute atomic E-state index is 12.3. The molecule has 0 unspecified atom stereocenters. The molecular weight excluding hydrogens is 248 g/mol. The predicted octanol–water partition coefficient (Wildman–Crippen LogP) is 3.74. The highest BCUT2D eigenvalue weighted by Gasteiger charge is 2.53. The van der Waals surface area contributed by atoms with Gasteiger partial charge in [0.2, 0.25) is 0 Å². The van der Waals surface area contributed by atoms with Gasteiger partial charge in [-0.15, -0.1) is 0 Å². The summed E-state index contributed by atoms with van der Waals surface area (Å²) in [4.78, 5) is 12.3. The second-order valence-corrected chi connectivity index (χ2v) is 7.24. The van der Waals surface area contributed by atoms with Gasteiger partial charge in [0.25, 0.3) is 0 Å². The Kier molecular flexibility index (Phi) is 2.87. The molecule has 0 aromatic heterocycles. The van der Waals surface area contributed by atoms with Crippen molar-refractivity contribution in [2.75, 3.05) is 0 Å². The molecule has 2 nitrogen and oxygen atoms in total. The van der Waals surface area contributed by atoms with Crippen LogP contribution in [0.4, 0.5) is 0 Å². The topological polar surface area (TPSA) is 26.3 Å². The Morgan fingerprint density at radius 3 is 2.10 bits per heavy atom. The van der Waals surface area contributed by atoms with E-state index in [2.05, 4.69) is 0 Å². The van der Waals surface area contributed by atoms with Crippen LogP contribution in [0, 0.1) is 17.8 Å². The Bertz CT molecular complexity index is 470. The highest BCUT2D eigenvalue weighted by molar-refractivity contribution is 5.73. The third-order valence-corrected chi connectivity index (χ3v) is 5.50. The van der Waals surface area contributed by atoms with Gasteiger partial charge in [0.15, 0.2) is 0 Å². The van der Waals surface area contributed by atoms with Crippen molar-refractivity contribution in [3.8, 4) is 0 Å². The number of hydrogen-bond donors (Lipinski definition) is 0. The molecule has 0 radical (unpaired) electrons. The quantitative estimate of drug-likeness (QED) is 0.782. The van der Waals surface area contributed by atoms with Crippen molar-refractivity contribution in [3.63, 3.8) is 0 Å². The summed E-state index contributed by atoms with van der Waals surface area (Å²) in [7, 11) is 0. The van der Waals surface area contributed by atoms with E-state index in [9.17, 15) is 4.79 Å². The van der Waals surface area contributed by atoms with E-state index in [1.165, 1.54) is 19.3 Å². The van der Waals surface area contributed by atoms with Gasteiger partial charge in [-0.25, -0.2) is 0 Å². The zero-order valence-corrected chi connectivity index (χ0v) is 11.9. The number of esters is 1. The molecule has 4 bridgehead atoms. The van der Waals surface area contributed by atoms with Gasteiger partial charge >= 0.3 is 5.97 Å². The van der Waals surface area contributed by atoms with Crippen molar-refractivity contribution in [2.24, 2.45) is 17.8 Å². The van der Waals surface area contributed by atoms with E-state index in [0.29, 0.717) is 6.42 Å². The number of carbonyl (C=O) groups is 1. The Labute approximate surface area is 120 Å². The molecule has 5 rings (SSSR count). The fraction of sp³-hybridized carbons (Fsp3) is 0.611. The molecule has 106 valence electrons. The van der Waals surface area contributed by atoms with Crippen LogP contribution < -0.4 is 0 Å². The van der Waals surface area contributed by atoms with E-state index in [1.54, 1.807) is 0 Å². The molecule has 4 aliphatic rings. The van der Waals surface area contributed by atoms with Crippen LogP contribution in [0.3, 0.4) is 0 Å². The SMILES string of the molecule is O=C(Cc1ccccc1)OC12CC3CC(CC(C3)C1)C2. The van der Waals surface area contributed by atoms with Crippen molar-refractivity contribution in [2.45, 2.75) is 50.5 Å². The van der Waals surface area contributed by atoms with Crippen LogP contribution in [-0.2, 0) is 16.0 Å². The third-order valence-electron chi connectivity index (χ3n) is 5.50. The van der Waals surface area contributed by atoms with Crippen molar-refractivity contribution < 1.29 is 9.53 Å². The minimum absolute atomic E-state index is 0.0295. The van der Waals surface area contributed by atoms with Crippen LogP contribution in [0.2, 0.25) is 0 Å². The molecular formula is C18H22O2. The molecule has 20 heavy (non-hydrogen) atoms. The summed E-state index contributed by atoms with van der Waals surface area (Å²) < 4.78 is 6.02. The Morgan fingerprint density at radius 2 is 1.55 bits per heavy atom. The Morgan fingerprint density at radius 1 is 1.00 bits per heavy atom. The van der Waals surface area contributed by atoms with E-state index in [-0.39, 0.29) is 11.6 Å². The van der Waals surface area contributed by atoms with Gasteiger partial charge in [0, 0.05) is 0 Å². The molecule has 0 spiro atoms. The first-order valence-corrected chi connectivity index (χ1v) is 7.97. The van der Waals surface area contributed by atoms with E-state index < -0.39 is 0 Å². The number of hydrogen-bond acceptors (Lipinski definition) is 2. The molecule has 0 amide bonds. The lowest BCUT2D eigenvalue weighted by molar-refractivity contribution is -0.185. The summed E-state index contributed by atoms with van der Waals surface area (Å²) in [5.41, 5.74) is 0.961. The van der Waals surface area contributed by atoms with E-state index in [1.807, 2.05) is 30.3 Å². The highest BCUT2D eigenvalue weighted by Crippen LogP contribution is 2.57. The molecule has 1 aromatic rings. The van der Waals surface area contributed by atoms with Crippen molar-refractivity contribution in [1.82, 2.24) is 0 Å². The van der Waals surface area contributed by atoms with Crippen LogP contribution in [0.25, 0.3) is 0 Å². The van der Waals surface area contributed by atoms with Crippen LogP contribution in [0.15, 0.2) is 30.3 Å². The minimum Gasteiger partial charge on any atom is -0.459 e. The summed E-state index contributed by atoms with van der Waals surface area (Å²) in [6.07, 6.45) is 7.95.